The first-order valence-corrected chi connectivity index (χ1v) is 12.1. The van der Waals surface area contributed by atoms with Crippen molar-refractivity contribution >= 4 is 27.0 Å². The monoisotopic (exact) mass is 440 g/mol. The first-order chi connectivity index (χ1) is 15.8. The number of anilines is 2. The van der Waals surface area contributed by atoms with Crippen LogP contribution in [-0.4, -0.2) is 19.5 Å². The van der Waals surface area contributed by atoms with Crippen LogP contribution in [0.5, 0.6) is 0 Å². The summed E-state index contributed by atoms with van der Waals surface area (Å²) in [5.74, 6) is -1.92. The minimum absolute atomic E-state index is 0.108. The van der Waals surface area contributed by atoms with Gasteiger partial charge in [0, 0.05) is 29.9 Å². The van der Waals surface area contributed by atoms with Gasteiger partial charge in [-0.05, 0) is 41.5 Å². The molecule has 0 bridgehead atoms. The van der Waals surface area contributed by atoms with Crippen LogP contribution in [0.2, 0.25) is 0 Å². The Morgan fingerprint density at radius 1 is 0.875 bits per heavy atom. The van der Waals surface area contributed by atoms with Crippen LogP contribution in [0.3, 0.4) is 0 Å². The normalized spacial score (nSPS) is 24.4. The molecule has 0 saturated carbocycles. The molecule has 0 aromatic heterocycles. The third kappa shape index (κ3) is 2.55. The van der Waals surface area contributed by atoms with Crippen molar-refractivity contribution in [3.8, 4) is 0 Å². The number of Topliss-reactive ketones (excluding diaryl/α,β-unsaturated/α-hetero) is 1. The van der Waals surface area contributed by atoms with Crippen LogP contribution in [0, 0.1) is 5.92 Å². The van der Waals surface area contributed by atoms with Gasteiger partial charge in [-0.3, -0.25) is 4.79 Å². The van der Waals surface area contributed by atoms with E-state index in [9.17, 15) is 13.2 Å². The molecule has 1 aliphatic carbocycles. The molecule has 2 aliphatic heterocycles. The minimum atomic E-state index is -3.67. The van der Waals surface area contributed by atoms with Crippen LogP contribution < -0.4 is 4.90 Å². The highest BCUT2D eigenvalue weighted by atomic mass is 32.2. The lowest BCUT2D eigenvalue weighted by molar-refractivity contribution is 0.0938. The number of para-hydroxylation sites is 2. The van der Waals surface area contributed by atoms with E-state index in [1.165, 1.54) is 6.07 Å². The van der Waals surface area contributed by atoms with Crippen molar-refractivity contribution in [2.24, 2.45) is 5.92 Å². The quantitative estimate of drug-likeness (QED) is 0.509. The largest absolute Gasteiger partial charge is 0.310 e. The average Bonchev–Trinajstić information content (AvgIpc) is 2.83. The van der Waals surface area contributed by atoms with Gasteiger partial charge in [-0.15, -0.1) is 0 Å². The Kier molecular flexibility index (Phi) is 3.85. The highest BCUT2D eigenvalue weighted by Gasteiger charge is 2.45. The molecular formula is C27H21NO3S. The molecule has 3 aliphatic rings. The zero-order valence-electron chi connectivity index (χ0n) is 18.4. The molecule has 5 heteroatoms. The first-order valence-electron chi connectivity index (χ1n) is 11.1. The van der Waals surface area contributed by atoms with Crippen molar-refractivity contribution in [2.45, 2.75) is 23.0 Å². The van der Waals surface area contributed by atoms with E-state index in [0.29, 0.717) is 0 Å². The van der Waals surface area contributed by atoms with Crippen LogP contribution in [-0.2, 0) is 9.84 Å². The predicted octanol–water partition coefficient (Wildman–Crippen LogP) is 5.40. The Balaban J connectivity index is 1.55. The standard InChI is InChI=1S/C27H21NO3S/c1-17-19-8-2-5-11-23(19)28(24-12-6-3-9-20(17)24)18-14-15-26-22(16-18)27(29)21-10-4-7-13-25(21)32(26,30)31/h2-17,22,26H,1H3/i17D. The van der Waals surface area contributed by atoms with Crippen molar-refractivity contribution in [2.75, 3.05) is 4.90 Å². The fraction of sp³-hybridized carbons (Fsp3) is 0.148. The zero-order valence-corrected chi connectivity index (χ0v) is 18.2. The summed E-state index contributed by atoms with van der Waals surface area (Å²) in [7, 11) is -3.67. The van der Waals surface area contributed by atoms with Crippen molar-refractivity contribution in [3.05, 3.63) is 113 Å². The number of carbonyl (C=O) groups excluding carboxylic acids is 1. The second-order valence-electron chi connectivity index (χ2n) is 8.34. The highest BCUT2D eigenvalue weighted by molar-refractivity contribution is 7.92. The number of rotatable bonds is 1. The maximum Gasteiger partial charge on any atom is 0.186 e. The van der Waals surface area contributed by atoms with Crippen molar-refractivity contribution in [3.63, 3.8) is 0 Å². The Morgan fingerprint density at radius 3 is 2.16 bits per heavy atom. The summed E-state index contributed by atoms with van der Waals surface area (Å²) in [5, 5.41) is -0.916. The van der Waals surface area contributed by atoms with E-state index in [0.717, 1.165) is 28.2 Å². The van der Waals surface area contributed by atoms with E-state index in [1.807, 2.05) is 60.4 Å². The van der Waals surface area contributed by atoms with Crippen LogP contribution in [0.1, 0.15) is 35.7 Å². The van der Waals surface area contributed by atoms with Crippen molar-refractivity contribution in [1.82, 2.24) is 0 Å². The number of nitrogens with zero attached hydrogens (tertiary/aromatic N) is 1. The molecule has 0 saturated heterocycles. The lowest BCUT2D eigenvalue weighted by atomic mass is 9.84. The van der Waals surface area contributed by atoms with E-state index in [2.05, 4.69) is 0 Å². The summed E-state index contributed by atoms with van der Waals surface area (Å²) >= 11 is 0. The van der Waals surface area contributed by atoms with Gasteiger partial charge in [0.1, 0.15) is 0 Å². The molecule has 2 unspecified atom stereocenters. The van der Waals surface area contributed by atoms with Crippen molar-refractivity contribution < 1.29 is 14.6 Å². The van der Waals surface area contributed by atoms with E-state index in [-0.39, 0.29) is 16.2 Å². The molecule has 0 fully saturated rings. The van der Waals surface area contributed by atoms with Crippen LogP contribution in [0.25, 0.3) is 0 Å². The van der Waals surface area contributed by atoms with Gasteiger partial charge in [0.25, 0.3) is 0 Å². The van der Waals surface area contributed by atoms with Crippen LogP contribution in [0.4, 0.5) is 11.4 Å². The van der Waals surface area contributed by atoms with E-state index in [1.54, 1.807) is 36.4 Å². The molecule has 2 heterocycles. The highest BCUT2D eigenvalue weighted by Crippen LogP contribution is 2.48. The van der Waals surface area contributed by atoms with Gasteiger partial charge in [-0.1, -0.05) is 67.6 Å². The van der Waals surface area contributed by atoms with Gasteiger partial charge < -0.3 is 4.90 Å². The maximum absolute atomic E-state index is 13.4. The lowest BCUT2D eigenvalue weighted by Gasteiger charge is -2.39. The molecule has 3 aromatic rings. The average molecular weight is 441 g/mol. The fourth-order valence-electron chi connectivity index (χ4n) is 5.09. The Labute approximate surface area is 188 Å². The Hall–Kier alpha value is -3.44. The maximum atomic E-state index is 13.4. The number of ketones is 1. The van der Waals surface area contributed by atoms with Gasteiger partial charge in [0.05, 0.1) is 16.1 Å². The lowest BCUT2D eigenvalue weighted by Crippen LogP contribution is -2.40. The summed E-state index contributed by atoms with van der Waals surface area (Å²) in [5.41, 5.74) is 4.41. The number of fused-ring (bicyclic) bond motifs is 4. The Morgan fingerprint density at radius 2 is 1.47 bits per heavy atom. The number of carbonyl (C=O) groups is 1. The summed E-state index contributed by atoms with van der Waals surface area (Å²) in [6.45, 7) is 1.89. The minimum Gasteiger partial charge on any atom is -0.310 e. The number of benzene rings is 3. The summed E-state index contributed by atoms with van der Waals surface area (Å²) < 4.78 is 35.7. The molecule has 6 rings (SSSR count). The Bertz CT molecular complexity index is 1450. The molecule has 158 valence electrons. The molecule has 0 spiro atoms. The molecule has 2 atom stereocenters. The van der Waals surface area contributed by atoms with E-state index >= 15 is 0 Å². The van der Waals surface area contributed by atoms with Gasteiger partial charge in [0.15, 0.2) is 15.6 Å². The number of hydrogen-bond donors (Lipinski definition) is 0. The third-order valence-corrected chi connectivity index (χ3v) is 8.77. The molecule has 4 nitrogen and oxygen atoms in total. The van der Waals surface area contributed by atoms with Gasteiger partial charge in [-0.25, -0.2) is 8.42 Å². The molecule has 32 heavy (non-hydrogen) atoms. The molecular weight excluding hydrogens is 418 g/mol. The number of allylic oxidation sites excluding steroid dienone is 2. The number of hydrogen-bond acceptors (Lipinski definition) is 4. The van der Waals surface area contributed by atoms with E-state index in [4.69, 9.17) is 1.37 Å². The molecule has 0 radical (unpaired) electrons. The first kappa shape index (κ1) is 18.2. The summed E-state index contributed by atoms with van der Waals surface area (Å²) in [4.78, 5) is 15.5. The SMILES string of the molecule is [2H]C1(C)c2ccccc2N(C2=CC3C(=O)c4ccccc4S(=O)(=O)C3C=C2)c2ccccc21. The fourth-order valence-corrected chi connectivity index (χ4v) is 7.00. The zero-order chi connectivity index (χ0) is 23.0. The predicted molar refractivity (Wildman–Crippen MR) is 125 cm³/mol. The van der Waals surface area contributed by atoms with E-state index < -0.39 is 26.9 Å². The topological polar surface area (TPSA) is 54.5 Å². The van der Waals surface area contributed by atoms with Crippen LogP contribution >= 0.6 is 0 Å². The van der Waals surface area contributed by atoms with Gasteiger partial charge in [0.2, 0.25) is 0 Å². The second kappa shape index (κ2) is 6.78. The third-order valence-electron chi connectivity index (χ3n) is 6.64. The van der Waals surface area contributed by atoms with Crippen molar-refractivity contribution in [1.29, 1.82) is 0 Å². The number of sulfone groups is 1. The molecule has 0 amide bonds. The summed E-state index contributed by atoms with van der Waals surface area (Å²) in [6.07, 6.45) is 5.21. The molecule has 0 N–H and O–H groups in total. The van der Waals surface area contributed by atoms with Crippen LogP contribution in [0.15, 0.2) is 102 Å². The smallest absolute Gasteiger partial charge is 0.186 e. The molecule has 3 aromatic carbocycles. The summed E-state index contributed by atoms with van der Waals surface area (Å²) in [6, 6.07) is 22.0. The van der Waals surface area contributed by atoms with Gasteiger partial charge in [-0.2, -0.15) is 0 Å². The van der Waals surface area contributed by atoms with Gasteiger partial charge >= 0.3 is 0 Å². The second-order valence-corrected chi connectivity index (χ2v) is 10.4.